The zero-order valence-corrected chi connectivity index (χ0v) is 16.6. The normalized spacial score (nSPS) is 11.9. The molecule has 28 heavy (non-hydrogen) atoms. The summed E-state index contributed by atoms with van der Waals surface area (Å²) in [6.45, 7) is 0. The molecule has 0 spiro atoms. The van der Waals surface area contributed by atoms with Gasteiger partial charge < -0.3 is 4.74 Å². The number of thiazole rings is 1. The maximum atomic E-state index is 6.00. The second-order valence-electron chi connectivity index (χ2n) is 6.73. The molecule has 4 heteroatoms. The lowest BCUT2D eigenvalue weighted by Crippen LogP contribution is -2.17. The van der Waals surface area contributed by atoms with Crippen LogP contribution in [0.25, 0.3) is 11.1 Å². The van der Waals surface area contributed by atoms with Gasteiger partial charge in [-0.15, -0.1) is 0 Å². The summed E-state index contributed by atoms with van der Waals surface area (Å²) in [6, 6.07) is 27.5. The Morgan fingerprint density at radius 1 is 0.929 bits per heavy atom. The van der Waals surface area contributed by atoms with Crippen molar-refractivity contribution in [2.75, 3.05) is 12.8 Å². The topological polar surface area (TPSA) is 49.4 Å². The van der Waals surface area contributed by atoms with Crippen LogP contribution in [0.3, 0.4) is 0 Å². The molecule has 1 aromatic heterocycles. The van der Waals surface area contributed by atoms with Crippen molar-refractivity contribution in [1.29, 1.82) is 0 Å². The van der Waals surface area contributed by atoms with E-state index in [0.717, 1.165) is 23.0 Å². The van der Waals surface area contributed by atoms with Crippen molar-refractivity contribution in [3.05, 3.63) is 101 Å². The lowest BCUT2D eigenvalue weighted by atomic mass is 9.86. The Labute approximate surface area is 169 Å². The van der Waals surface area contributed by atoms with Crippen molar-refractivity contribution < 1.29 is 9.72 Å². The fraction of sp³-hybridized carbons (Fsp3) is 0.125. The average Bonchev–Trinajstić information content (AvgIpc) is 3.19. The fourth-order valence-electron chi connectivity index (χ4n) is 3.56. The first-order chi connectivity index (χ1) is 13.7. The lowest BCUT2D eigenvalue weighted by Gasteiger charge is -2.17. The van der Waals surface area contributed by atoms with Crippen molar-refractivity contribution in [3.63, 3.8) is 0 Å². The molecule has 4 rings (SSSR count). The van der Waals surface area contributed by atoms with E-state index in [2.05, 4.69) is 77.1 Å². The Kier molecular flexibility index (Phi) is 5.40. The van der Waals surface area contributed by atoms with Gasteiger partial charge in [-0.05, 0) is 40.8 Å². The standard InChI is InChI=1S/C24H22N2OS/c1-27-20-13-11-18(12-14-20)22(23-16-28-24(25)26-23)15-19-9-5-6-10-21(19)17-7-3-2-4-8-17/h2-14,16,22H,15H2,1H3,(H2,25,26)/p+1. The molecule has 4 aromatic rings. The first-order valence-corrected chi connectivity index (χ1v) is 10.2. The number of aromatic amines is 1. The predicted molar refractivity (Wildman–Crippen MR) is 116 cm³/mol. The molecule has 0 saturated heterocycles. The van der Waals surface area contributed by atoms with E-state index < -0.39 is 0 Å². The molecule has 0 bridgehead atoms. The van der Waals surface area contributed by atoms with Crippen LogP contribution in [-0.4, -0.2) is 7.11 Å². The molecule has 1 heterocycles. The number of hydrogen-bond donors (Lipinski definition) is 1. The van der Waals surface area contributed by atoms with Gasteiger partial charge in [-0.3, -0.25) is 5.73 Å². The summed E-state index contributed by atoms with van der Waals surface area (Å²) in [5.74, 6) is 1.05. The average molecular weight is 388 g/mol. The fourth-order valence-corrected chi connectivity index (χ4v) is 4.21. The van der Waals surface area contributed by atoms with Crippen molar-refractivity contribution in [3.8, 4) is 16.9 Å². The Balaban J connectivity index is 1.74. The van der Waals surface area contributed by atoms with E-state index in [0.29, 0.717) is 0 Å². The molecule has 0 radical (unpaired) electrons. The number of benzene rings is 3. The van der Waals surface area contributed by atoms with Gasteiger partial charge in [-0.25, -0.2) is 4.98 Å². The quantitative estimate of drug-likeness (QED) is 0.495. The van der Waals surface area contributed by atoms with Crippen LogP contribution in [0.4, 0.5) is 5.13 Å². The molecule has 3 nitrogen and oxygen atoms in total. The van der Waals surface area contributed by atoms with Gasteiger partial charge in [0, 0.05) is 5.38 Å². The van der Waals surface area contributed by atoms with Gasteiger partial charge in [-0.2, -0.15) is 0 Å². The highest BCUT2D eigenvalue weighted by Crippen LogP contribution is 2.33. The van der Waals surface area contributed by atoms with Gasteiger partial charge >= 0.3 is 5.13 Å². The third kappa shape index (κ3) is 3.92. The SMILES string of the molecule is COc1ccc(C(Cc2ccccc2-c2ccccc2)c2csc(N)[nH+]2)cc1. The largest absolute Gasteiger partial charge is 0.497 e. The van der Waals surface area contributed by atoms with E-state index in [1.807, 2.05) is 12.1 Å². The molecule has 3 N–H and O–H groups in total. The maximum absolute atomic E-state index is 6.00. The summed E-state index contributed by atoms with van der Waals surface area (Å²) in [6.07, 6.45) is 0.879. The summed E-state index contributed by atoms with van der Waals surface area (Å²) in [5, 5.41) is 2.85. The van der Waals surface area contributed by atoms with E-state index in [-0.39, 0.29) is 5.92 Å². The Hall–Kier alpha value is -3.11. The molecule has 0 saturated carbocycles. The molecule has 140 valence electrons. The van der Waals surface area contributed by atoms with Crippen LogP contribution in [0, 0.1) is 0 Å². The highest BCUT2D eigenvalue weighted by Gasteiger charge is 2.22. The number of nitrogen functional groups attached to an aromatic ring is 1. The number of H-pyrrole nitrogens is 1. The molecule has 0 aliphatic heterocycles. The first kappa shape index (κ1) is 18.3. The molecule has 0 amide bonds. The van der Waals surface area contributed by atoms with Gasteiger partial charge in [-0.1, -0.05) is 78.1 Å². The molecular formula is C24H23N2OS+. The monoisotopic (exact) mass is 387 g/mol. The van der Waals surface area contributed by atoms with Crippen molar-refractivity contribution in [2.24, 2.45) is 0 Å². The van der Waals surface area contributed by atoms with E-state index in [9.17, 15) is 0 Å². The summed E-state index contributed by atoms with van der Waals surface area (Å²) in [7, 11) is 1.69. The minimum Gasteiger partial charge on any atom is -0.497 e. The lowest BCUT2D eigenvalue weighted by molar-refractivity contribution is -0.368. The zero-order chi connectivity index (χ0) is 19.3. The van der Waals surface area contributed by atoms with Crippen molar-refractivity contribution in [1.82, 2.24) is 0 Å². The van der Waals surface area contributed by atoms with Crippen LogP contribution in [0.2, 0.25) is 0 Å². The minimum absolute atomic E-state index is 0.185. The van der Waals surface area contributed by atoms with Crippen molar-refractivity contribution >= 4 is 16.5 Å². The summed E-state index contributed by atoms with van der Waals surface area (Å²) < 4.78 is 5.33. The van der Waals surface area contributed by atoms with Gasteiger partial charge in [0.1, 0.15) is 11.4 Å². The van der Waals surface area contributed by atoms with Crippen LogP contribution in [-0.2, 0) is 6.42 Å². The van der Waals surface area contributed by atoms with Gasteiger partial charge in [0.25, 0.3) is 0 Å². The number of ether oxygens (including phenoxy) is 1. The number of nitrogens with one attached hydrogen (secondary N) is 1. The van der Waals surface area contributed by atoms with Crippen molar-refractivity contribution in [2.45, 2.75) is 12.3 Å². The van der Waals surface area contributed by atoms with E-state index in [1.165, 1.54) is 22.3 Å². The second-order valence-corrected chi connectivity index (χ2v) is 7.64. The molecule has 3 aromatic carbocycles. The maximum Gasteiger partial charge on any atom is 0.329 e. The third-order valence-electron chi connectivity index (χ3n) is 5.00. The second kappa shape index (κ2) is 8.28. The van der Waals surface area contributed by atoms with Crippen LogP contribution >= 0.6 is 11.3 Å². The molecule has 0 aliphatic carbocycles. The van der Waals surface area contributed by atoms with Crippen LogP contribution in [0.1, 0.15) is 22.7 Å². The highest BCUT2D eigenvalue weighted by molar-refractivity contribution is 7.13. The minimum atomic E-state index is 0.185. The number of aromatic nitrogens is 1. The molecule has 0 aliphatic rings. The molecule has 0 fully saturated rings. The highest BCUT2D eigenvalue weighted by atomic mass is 32.1. The Morgan fingerprint density at radius 3 is 2.32 bits per heavy atom. The summed E-state index contributed by atoms with van der Waals surface area (Å²) >= 11 is 1.54. The number of hydrogen-bond acceptors (Lipinski definition) is 3. The summed E-state index contributed by atoms with van der Waals surface area (Å²) in [4.78, 5) is 3.35. The first-order valence-electron chi connectivity index (χ1n) is 9.28. The third-order valence-corrected chi connectivity index (χ3v) is 5.73. The van der Waals surface area contributed by atoms with E-state index >= 15 is 0 Å². The number of nitrogens with two attached hydrogens (primary N) is 1. The Bertz CT molecular complexity index is 1040. The molecule has 1 atom stereocenters. The van der Waals surface area contributed by atoms with Crippen LogP contribution < -0.4 is 15.5 Å². The van der Waals surface area contributed by atoms with Gasteiger partial charge in [0.05, 0.1) is 13.0 Å². The van der Waals surface area contributed by atoms with E-state index in [4.69, 9.17) is 10.5 Å². The molecule has 1 unspecified atom stereocenters. The van der Waals surface area contributed by atoms with Crippen LogP contribution in [0.15, 0.2) is 84.2 Å². The number of rotatable bonds is 6. The number of anilines is 1. The Morgan fingerprint density at radius 2 is 1.64 bits per heavy atom. The summed E-state index contributed by atoms with van der Waals surface area (Å²) in [5.41, 5.74) is 12.2. The number of methoxy groups -OCH3 is 1. The van der Waals surface area contributed by atoms with Gasteiger partial charge in [0.2, 0.25) is 0 Å². The predicted octanol–water partition coefficient (Wildman–Crippen LogP) is 5.19. The smallest absolute Gasteiger partial charge is 0.329 e. The zero-order valence-electron chi connectivity index (χ0n) is 15.8. The van der Waals surface area contributed by atoms with E-state index in [1.54, 1.807) is 18.4 Å². The van der Waals surface area contributed by atoms with Crippen LogP contribution in [0.5, 0.6) is 5.75 Å². The van der Waals surface area contributed by atoms with Gasteiger partial charge in [0.15, 0.2) is 0 Å². The molecular weight excluding hydrogens is 364 g/mol.